The molecule has 2 aromatic carbocycles. The molecule has 3 aromatic rings. The Morgan fingerprint density at radius 3 is 2.14 bits per heavy atom. The fraction of sp³-hybridized carbons (Fsp3) is 0.514. The predicted molar refractivity (Wildman–Crippen MR) is 170 cm³/mol. The van der Waals surface area contributed by atoms with Gasteiger partial charge in [-0.05, 0) is 62.3 Å². The number of nitrogens with zero attached hydrogens (tertiary/aromatic N) is 5. The van der Waals surface area contributed by atoms with E-state index in [0.717, 1.165) is 81.4 Å². The molecule has 3 aliphatic rings. The standard InChI is InChI=1S/C35H46N6O/c42-34(33(28-14-5-3-6-15-28)29-16-7-4-8-17-29)41-25-13-19-31(27-41)40-24-12-9-18-30(26-40)37-35-36-21-20-32(38-35)39-22-10-1-2-11-23-39/h3-8,14-17,20-21,30-31,33H,1-2,9-13,18-19,22-27H2,(H,36,37,38). The van der Waals surface area contributed by atoms with E-state index in [0.29, 0.717) is 12.1 Å². The molecule has 6 rings (SSSR count). The van der Waals surface area contributed by atoms with E-state index >= 15 is 0 Å². The van der Waals surface area contributed by atoms with Crippen molar-refractivity contribution in [1.29, 1.82) is 0 Å². The number of amides is 1. The van der Waals surface area contributed by atoms with E-state index in [2.05, 4.69) is 55.3 Å². The van der Waals surface area contributed by atoms with Crippen LogP contribution < -0.4 is 10.2 Å². The first kappa shape index (κ1) is 28.7. The second-order valence-corrected chi connectivity index (χ2v) is 12.3. The topological polar surface area (TPSA) is 64.6 Å². The van der Waals surface area contributed by atoms with E-state index in [-0.39, 0.29) is 11.8 Å². The van der Waals surface area contributed by atoms with E-state index in [1.54, 1.807) is 0 Å². The van der Waals surface area contributed by atoms with Gasteiger partial charge in [0.05, 0.1) is 5.92 Å². The lowest BCUT2D eigenvalue weighted by molar-refractivity contribution is -0.134. The van der Waals surface area contributed by atoms with Crippen LogP contribution in [0, 0.1) is 0 Å². The van der Waals surface area contributed by atoms with Crippen LogP contribution in [-0.4, -0.2) is 77.0 Å². The largest absolute Gasteiger partial charge is 0.356 e. The number of piperidine rings is 1. The summed E-state index contributed by atoms with van der Waals surface area (Å²) in [7, 11) is 0. The Kier molecular flexibility index (Phi) is 9.65. The van der Waals surface area contributed by atoms with Crippen molar-refractivity contribution in [3.05, 3.63) is 84.1 Å². The molecule has 7 heteroatoms. The number of hydrogen-bond donors (Lipinski definition) is 1. The van der Waals surface area contributed by atoms with Crippen LogP contribution in [0.1, 0.15) is 74.8 Å². The number of benzene rings is 2. The average Bonchev–Trinajstić information content (AvgIpc) is 3.46. The quantitative estimate of drug-likeness (QED) is 0.382. The van der Waals surface area contributed by atoms with Crippen molar-refractivity contribution < 1.29 is 4.79 Å². The number of aromatic nitrogens is 2. The molecule has 0 spiro atoms. The van der Waals surface area contributed by atoms with Gasteiger partial charge in [0.15, 0.2) is 0 Å². The van der Waals surface area contributed by atoms with E-state index in [1.165, 1.54) is 38.5 Å². The van der Waals surface area contributed by atoms with Crippen LogP contribution in [0.25, 0.3) is 0 Å². The molecule has 3 aliphatic heterocycles. The lowest BCUT2D eigenvalue weighted by Gasteiger charge is -2.41. The molecule has 4 heterocycles. The summed E-state index contributed by atoms with van der Waals surface area (Å²) in [6, 6.07) is 23.3. The van der Waals surface area contributed by atoms with Crippen LogP contribution in [-0.2, 0) is 4.79 Å². The lowest BCUT2D eigenvalue weighted by atomic mass is 9.89. The molecule has 0 bridgehead atoms. The number of hydrogen-bond acceptors (Lipinski definition) is 6. The maximum Gasteiger partial charge on any atom is 0.234 e. The van der Waals surface area contributed by atoms with Crippen LogP contribution in [0.2, 0.25) is 0 Å². The van der Waals surface area contributed by atoms with Gasteiger partial charge in [0.1, 0.15) is 5.82 Å². The molecule has 2 atom stereocenters. The van der Waals surface area contributed by atoms with Gasteiger partial charge in [-0.2, -0.15) is 4.98 Å². The molecule has 222 valence electrons. The number of anilines is 2. The molecule has 7 nitrogen and oxygen atoms in total. The highest BCUT2D eigenvalue weighted by Crippen LogP contribution is 2.30. The van der Waals surface area contributed by atoms with Gasteiger partial charge in [0.25, 0.3) is 0 Å². The van der Waals surface area contributed by atoms with Crippen molar-refractivity contribution in [2.24, 2.45) is 0 Å². The molecule has 0 radical (unpaired) electrons. The lowest BCUT2D eigenvalue weighted by Crippen LogP contribution is -2.52. The monoisotopic (exact) mass is 566 g/mol. The summed E-state index contributed by atoms with van der Waals surface area (Å²) in [6.07, 6.45) is 12.7. The van der Waals surface area contributed by atoms with E-state index < -0.39 is 0 Å². The fourth-order valence-electron chi connectivity index (χ4n) is 7.10. The van der Waals surface area contributed by atoms with Crippen LogP contribution in [0.15, 0.2) is 72.9 Å². The van der Waals surface area contributed by atoms with E-state index in [9.17, 15) is 4.79 Å². The molecule has 3 saturated heterocycles. The third kappa shape index (κ3) is 7.12. The van der Waals surface area contributed by atoms with E-state index in [1.807, 2.05) is 42.6 Å². The molecule has 2 unspecified atom stereocenters. The van der Waals surface area contributed by atoms with Crippen molar-refractivity contribution in [3.63, 3.8) is 0 Å². The highest BCUT2D eigenvalue weighted by Gasteiger charge is 2.34. The Morgan fingerprint density at radius 2 is 1.43 bits per heavy atom. The maximum atomic E-state index is 14.2. The molecular weight excluding hydrogens is 520 g/mol. The zero-order valence-corrected chi connectivity index (χ0v) is 24.9. The number of carbonyl (C=O) groups excluding carboxylic acids is 1. The summed E-state index contributed by atoms with van der Waals surface area (Å²) in [5, 5.41) is 3.71. The third-order valence-corrected chi connectivity index (χ3v) is 9.34. The summed E-state index contributed by atoms with van der Waals surface area (Å²) in [6.45, 7) is 5.84. The van der Waals surface area contributed by atoms with Crippen molar-refractivity contribution in [2.45, 2.75) is 75.8 Å². The van der Waals surface area contributed by atoms with Gasteiger partial charge in [-0.15, -0.1) is 0 Å². The summed E-state index contributed by atoms with van der Waals surface area (Å²) in [5.41, 5.74) is 2.13. The van der Waals surface area contributed by atoms with Crippen LogP contribution in [0.3, 0.4) is 0 Å². The second-order valence-electron chi connectivity index (χ2n) is 12.3. The third-order valence-electron chi connectivity index (χ3n) is 9.34. The first-order valence-electron chi connectivity index (χ1n) is 16.2. The van der Waals surface area contributed by atoms with Gasteiger partial charge in [0, 0.05) is 51.0 Å². The SMILES string of the molecule is O=C(C(c1ccccc1)c1ccccc1)N1CCCC(N2CCCCC(Nc3nccc(N4CCCCCC4)n3)C2)C1. The number of likely N-dealkylation sites (tertiary alicyclic amines) is 2. The number of carbonyl (C=O) groups is 1. The summed E-state index contributed by atoms with van der Waals surface area (Å²) >= 11 is 0. The Bertz CT molecular complexity index is 1220. The first-order chi connectivity index (χ1) is 20.7. The first-order valence-corrected chi connectivity index (χ1v) is 16.2. The number of nitrogens with one attached hydrogen (secondary N) is 1. The van der Waals surface area contributed by atoms with E-state index in [4.69, 9.17) is 4.98 Å². The summed E-state index contributed by atoms with van der Waals surface area (Å²) in [5.74, 6) is 1.75. The zero-order chi connectivity index (χ0) is 28.6. The van der Waals surface area contributed by atoms with Gasteiger partial charge in [-0.25, -0.2) is 4.98 Å². The summed E-state index contributed by atoms with van der Waals surface area (Å²) < 4.78 is 0. The Hall–Kier alpha value is -3.45. The Morgan fingerprint density at radius 1 is 0.738 bits per heavy atom. The molecule has 1 aromatic heterocycles. The van der Waals surface area contributed by atoms with Gasteiger partial charge in [0.2, 0.25) is 11.9 Å². The molecular formula is C35H46N6O. The second kappa shape index (κ2) is 14.1. The molecule has 42 heavy (non-hydrogen) atoms. The van der Waals surface area contributed by atoms with Gasteiger partial charge in [-0.3, -0.25) is 9.69 Å². The van der Waals surface area contributed by atoms with Gasteiger partial charge < -0.3 is 15.1 Å². The maximum absolute atomic E-state index is 14.2. The Labute approximate surface area is 251 Å². The normalized spacial score (nSPS) is 22.4. The van der Waals surface area contributed by atoms with Gasteiger partial charge in [-0.1, -0.05) is 79.9 Å². The zero-order valence-electron chi connectivity index (χ0n) is 24.9. The summed E-state index contributed by atoms with van der Waals surface area (Å²) in [4.78, 5) is 30.9. The van der Waals surface area contributed by atoms with Gasteiger partial charge >= 0.3 is 0 Å². The van der Waals surface area contributed by atoms with Crippen LogP contribution >= 0.6 is 0 Å². The Balaban J connectivity index is 1.13. The predicted octanol–water partition coefficient (Wildman–Crippen LogP) is 5.95. The van der Waals surface area contributed by atoms with Crippen molar-refractivity contribution in [1.82, 2.24) is 19.8 Å². The minimum Gasteiger partial charge on any atom is -0.356 e. The molecule has 3 fully saturated rings. The minimum atomic E-state index is -0.265. The molecule has 1 N–H and O–H groups in total. The average molecular weight is 567 g/mol. The van der Waals surface area contributed by atoms with Crippen LogP contribution in [0.4, 0.5) is 11.8 Å². The number of rotatable bonds is 7. The fourth-order valence-corrected chi connectivity index (χ4v) is 7.10. The van der Waals surface area contributed by atoms with Crippen molar-refractivity contribution >= 4 is 17.7 Å². The minimum absolute atomic E-state index is 0.223. The molecule has 0 saturated carbocycles. The van der Waals surface area contributed by atoms with Crippen molar-refractivity contribution in [2.75, 3.05) is 49.5 Å². The highest BCUT2D eigenvalue weighted by atomic mass is 16.2. The molecule has 0 aliphatic carbocycles. The molecule has 1 amide bonds. The smallest absolute Gasteiger partial charge is 0.234 e. The van der Waals surface area contributed by atoms with Crippen LogP contribution in [0.5, 0.6) is 0 Å². The highest BCUT2D eigenvalue weighted by molar-refractivity contribution is 5.87. The van der Waals surface area contributed by atoms with Crippen molar-refractivity contribution in [3.8, 4) is 0 Å².